The molecule has 0 aromatic carbocycles. The molecular weight excluding hydrogens is 216 g/mol. The maximum Gasteiger partial charge on any atom is 0.306 e. The molecule has 2 aliphatic rings. The largest absolute Gasteiger partial charge is 0.481 e. The van der Waals surface area contributed by atoms with Crippen LogP contribution in [0, 0.1) is 11.8 Å². The van der Waals surface area contributed by atoms with E-state index >= 15 is 0 Å². The number of hydrogen-bond acceptors (Lipinski definition) is 3. The molecular formula is C13H24N2O2. The highest BCUT2D eigenvalue weighted by molar-refractivity contribution is 5.70. The highest BCUT2D eigenvalue weighted by atomic mass is 16.4. The quantitative estimate of drug-likeness (QED) is 0.803. The van der Waals surface area contributed by atoms with Crippen LogP contribution in [0.3, 0.4) is 0 Å². The summed E-state index contributed by atoms with van der Waals surface area (Å²) in [4.78, 5) is 15.8. The molecule has 2 rings (SSSR count). The molecule has 98 valence electrons. The predicted molar refractivity (Wildman–Crippen MR) is 67.0 cm³/mol. The molecule has 0 aromatic heterocycles. The number of rotatable bonds is 3. The molecule has 3 unspecified atom stereocenters. The lowest BCUT2D eigenvalue weighted by Crippen LogP contribution is -2.58. The van der Waals surface area contributed by atoms with Crippen molar-refractivity contribution in [3.63, 3.8) is 0 Å². The summed E-state index contributed by atoms with van der Waals surface area (Å²) in [6.07, 6.45) is 2.46. The van der Waals surface area contributed by atoms with Gasteiger partial charge in [-0.15, -0.1) is 0 Å². The van der Waals surface area contributed by atoms with Gasteiger partial charge in [0, 0.05) is 25.2 Å². The predicted octanol–water partition coefficient (Wildman–Crippen LogP) is 1.12. The van der Waals surface area contributed by atoms with E-state index in [-0.39, 0.29) is 5.92 Å². The molecule has 0 aliphatic carbocycles. The summed E-state index contributed by atoms with van der Waals surface area (Å²) in [7, 11) is 2.19. The van der Waals surface area contributed by atoms with Crippen molar-refractivity contribution in [3.05, 3.63) is 0 Å². The summed E-state index contributed by atoms with van der Waals surface area (Å²) in [5, 5.41) is 8.97. The summed E-state index contributed by atoms with van der Waals surface area (Å²) in [6.45, 7) is 7.25. The Balaban J connectivity index is 1.78. The van der Waals surface area contributed by atoms with Crippen molar-refractivity contribution in [1.29, 1.82) is 0 Å². The van der Waals surface area contributed by atoms with E-state index in [9.17, 15) is 4.79 Å². The minimum absolute atomic E-state index is 0.185. The van der Waals surface area contributed by atoms with Crippen molar-refractivity contribution in [2.75, 3.05) is 26.7 Å². The van der Waals surface area contributed by atoms with Crippen LogP contribution in [0.2, 0.25) is 0 Å². The first-order valence-corrected chi connectivity index (χ1v) is 6.66. The van der Waals surface area contributed by atoms with Crippen molar-refractivity contribution in [2.24, 2.45) is 11.8 Å². The summed E-state index contributed by atoms with van der Waals surface area (Å²) < 4.78 is 0. The van der Waals surface area contributed by atoms with Gasteiger partial charge in [0.25, 0.3) is 0 Å². The van der Waals surface area contributed by atoms with E-state index < -0.39 is 5.97 Å². The van der Waals surface area contributed by atoms with Gasteiger partial charge in [0.1, 0.15) is 0 Å². The molecule has 0 amide bonds. The Morgan fingerprint density at radius 3 is 2.59 bits per heavy atom. The van der Waals surface area contributed by atoms with E-state index in [1.54, 1.807) is 0 Å². The molecule has 0 radical (unpaired) electrons. The minimum atomic E-state index is -0.647. The monoisotopic (exact) mass is 240 g/mol. The number of carboxylic acid groups (broad SMARTS) is 1. The number of aliphatic carboxylic acids is 1. The molecule has 2 heterocycles. The summed E-state index contributed by atoms with van der Waals surface area (Å²) >= 11 is 0. The number of carbonyl (C=O) groups is 1. The normalized spacial score (nSPS) is 34.3. The van der Waals surface area contributed by atoms with Gasteiger partial charge in [0.15, 0.2) is 0 Å². The van der Waals surface area contributed by atoms with E-state index in [1.807, 2.05) is 6.92 Å². The lowest BCUT2D eigenvalue weighted by Gasteiger charge is -2.49. The van der Waals surface area contributed by atoms with Crippen molar-refractivity contribution in [2.45, 2.75) is 38.8 Å². The summed E-state index contributed by atoms with van der Waals surface area (Å²) in [5.74, 6) is -0.469. The van der Waals surface area contributed by atoms with Crippen LogP contribution in [-0.4, -0.2) is 59.6 Å². The molecule has 1 N–H and O–H groups in total. The SMILES string of the molecule is CC(C(=O)O)C1CN(C2CCN(C)C(C)C2)C1. The van der Waals surface area contributed by atoms with E-state index in [0.717, 1.165) is 13.1 Å². The van der Waals surface area contributed by atoms with Gasteiger partial charge < -0.3 is 10.0 Å². The van der Waals surface area contributed by atoms with E-state index in [0.29, 0.717) is 18.0 Å². The zero-order valence-corrected chi connectivity index (χ0v) is 11.1. The Bertz CT molecular complexity index is 289. The summed E-state index contributed by atoms with van der Waals surface area (Å²) in [6, 6.07) is 1.34. The molecule has 0 bridgehead atoms. The van der Waals surface area contributed by atoms with Gasteiger partial charge in [-0.2, -0.15) is 0 Å². The van der Waals surface area contributed by atoms with Crippen LogP contribution in [0.15, 0.2) is 0 Å². The Kier molecular flexibility index (Phi) is 3.73. The van der Waals surface area contributed by atoms with E-state index in [1.165, 1.54) is 19.4 Å². The lowest BCUT2D eigenvalue weighted by molar-refractivity contribution is -0.146. The van der Waals surface area contributed by atoms with Gasteiger partial charge in [-0.05, 0) is 39.3 Å². The van der Waals surface area contributed by atoms with Gasteiger partial charge in [-0.3, -0.25) is 9.69 Å². The highest BCUT2D eigenvalue weighted by Gasteiger charge is 2.39. The fourth-order valence-corrected chi connectivity index (χ4v) is 2.96. The molecule has 3 atom stereocenters. The maximum atomic E-state index is 10.9. The molecule has 17 heavy (non-hydrogen) atoms. The van der Waals surface area contributed by atoms with Gasteiger partial charge in [0.2, 0.25) is 0 Å². The number of hydrogen-bond donors (Lipinski definition) is 1. The molecule has 0 saturated carbocycles. The van der Waals surface area contributed by atoms with Crippen molar-refractivity contribution in [3.8, 4) is 0 Å². The number of piperidine rings is 1. The molecule has 2 aliphatic heterocycles. The van der Waals surface area contributed by atoms with Crippen LogP contribution < -0.4 is 0 Å². The van der Waals surface area contributed by atoms with Gasteiger partial charge in [-0.25, -0.2) is 0 Å². The maximum absolute atomic E-state index is 10.9. The molecule has 4 heteroatoms. The first kappa shape index (κ1) is 12.8. The van der Waals surface area contributed by atoms with Crippen molar-refractivity contribution < 1.29 is 9.90 Å². The first-order valence-electron chi connectivity index (χ1n) is 6.66. The third kappa shape index (κ3) is 2.63. The third-order valence-electron chi connectivity index (χ3n) is 4.73. The van der Waals surface area contributed by atoms with Crippen LogP contribution in [-0.2, 0) is 4.79 Å². The van der Waals surface area contributed by atoms with Crippen LogP contribution in [0.5, 0.6) is 0 Å². The Morgan fingerprint density at radius 2 is 2.06 bits per heavy atom. The van der Waals surface area contributed by atoms with Gasteiger partial charge >= 0.3 is 5.97 Å². The lowest BCUT2D eigenvalue weighted by atomic mass is 9.84. The van der Waals surface area contributed by atoms with Crippen LogP contribution in [0.4, 0.5) is 0 Å². The first-order chi connectivity index (χ1) is 7.99. The Hall–Kier alpha value is -0.610. The van der Waals surface area contributed by atoms with Crippen molar-refractivity contribution >= 4 is 5.97 Å². The number of carboxylic acids is 1. The van der Waals surface area contributed by atoms with Gasteiger partial charge in [-0.1, -0.05) is 6.92 Å². The smallest absolute Gasteiger partial charge is 0.306 e. The molecule has 2 saturated heterocycles. The fourth-order valence-electron chi connectivity index (χ4n) is 2.96. The van der Waals surface area contributed by atoms with Gasteiger partial charge in [0.05, 0.1) is 5.92 Å². The standard InChI is InChI=1S/C13H24N2O2/c1-9-6-12(4-5-14(9)3)15-7-11(8-15)10(2)13(16)17/h9-12H,4-8H2,1-3H3,(H,16,17). The summed E-state index contributed by atoms with van der Waals surface area (Å²) in [5.41, 5.74) is 0. The van der Waals surface area contributed by atoms with E-state index in [4.69, 9.17) is 5.11 Å². The molecule has 0 spiro atoms. The molecule has 0 aromatic rings. The minimum Gasteiger partial charge on any atom is -0.481 e. The number of likely N-dealkylation sites (tertiary alicyclic amines) is 2. The second-order valence-corrected chi connectivity index (χ2v) is 5.85. The Labute approximate surface area is 104 Å². The molecule has 2 fully saturated rings. The fraction of sp³-hybridized carbons (Fsp3) is 0.923. The second-order valence-electron chi connectivity index (χ2n) is 5.85. The van der Waals surface area contributed by atoms with Crippen molar-refractivity contribution in [1.82, 2.24) is 9.80 Å². The average Bonchev–Trinajstić information content (AvgIpc) is 2.20. The molecule has 4 nitrogen and oxygen atoms in total. The topological polar surface area (TPSA) is 43.8 Å². The Morgan fingerprint density at radius 1 is 1.41 bits per heavy atom. The van der Waals surface area contributed by atoms with Crippen LogP contribution in [0.25, 0.3) is 0 Å². The zero-order chi connectivity index (χ0) is 12.6. The second kappa shape index (κ2) is 4.94. The van der Waals surface area contributed by atoms with Crippen LogP contribution in [0.1, 0.15) is 26.7 Å². The van der Waals surface area contributed by atoms with Crippen LogP contribution >= 0.6 is 0 Å². The number of nitrogens with zero attached hydrogens (tertiary/aromatic N) is 2. The third-order valence-corrected chi connectivity index (χ3v) is 4.73. The average molecular weight is 240 g/mol. The zero-order valence-electron chi connectivity index (χ0n) is 11.1. The van der Waals surface area contributed by atoms with E-state index in [2.05, 4.69) is 23.8 Å². The highest BCUT2D eigenvalue weighted by Crippen LogP contribution is 2.30.